The maximum Gasteiger partial charge on any atom is 0.433 e. The van der Waals surface area contributed by atoms with Crippen LogP contribution in [-0.4, -0.2) is 43.7 Å². The second-order valence-corrected chi connectivity index (χ2v) is 8.97. The van der Waals surface area contributed by atoms with Gasteiger partial charge in [0.05, 0.1) is 5.69 Å². The lowest BCUT2D eigenvalue weighted by Crippen LogP contribution is -2.39. The molecule has 0 aromatic carbocycles. The van der Waals surface area contributed by atoms with Crippen LogP contribution in [0.25, 0.3) is 5.65 Å². The smallest absolute Gasteiger partial charge is 0.360 e. The molecule has 0 radical (unpaired) electrons. The number of rotatable bonds is 2. The predicted molar refractivity (Wildman–Crippen MR) is 108 cm³/mol. The number of fused-ring (bicyclic) bond motifs is 2. The molecular weight excluding hydrogens is 423 g/mol. The van der Waals surface area contributed by atoms with Gasteiger partial charge in [-0.15, -0.1) is 0 Å². The summed E-state index contributed by atoms with van der Waals surface area (Å²) in [6.45, 7) is 4.67. The number of hydrogen-bond acceptors (Lipinski definition) is 5. The maximum absolute atomic E-state index is 13.6. The molecule has 3 aromatic heterocycles. The van der Waals surface area contributed by atoms with E-state index in [1.807, 2.05) is 0 Å². The van der Waals surface area contributed by atoms with E-state index in [0.717, 1.165) is 41.2 Å². The lowest BCUT2D eigenvalue weighted by atomic mass is 9.87. The molecule has 1 atom stereocenters. The van der Waals surface area contributed by atoms with E-state index in [4.69, 9.17) is 4.52 Å². The summed E-state index contributed by atoms with van der Waals surface area (Å²) >= 11 is 0. The van der Waals surface area contributed by atoms with E-state index >= 15 is 0 Å². The third-order valence-electron chi connectivity index (χ3n) is 6.55. The van der Waals surface area contributed by atoms with Crippen molar-refractivity contribution >= 4 is 11.6 Å². The molecule has 0 saturated carbocycles. The van der Waals surface area contributed by atoms with Crippen LogP contribution in [0.15, 0.2) is 16.7 Å². The van der Waals surface area contributed by atoms with E-state index in [1.165, 1.54) is 0 Å². The first kappa shape index (κ1) is 21.0. The van der Waals surface area contributed by atoms with Gasteiger partial charge in [-0.2, -0.15) is 18.3 Å². The second kappa shape index (κ2) is 7.60. The number of aromatic nitrogens is 4. The largest absolute Gasteiger partial charge is 0.433 e. The zero-order valence-electron chi connectivity index (χ0n) is 17.9. The van der Waals surface area contributed by atoms with Crippen molar-refractivity contribution in [1.29, 1.82) is 0 Å². The van der Waals surface area contributed by atoms with Crippen molar-refractivity contribution < 1.29 is 22.5 Å². The normalized spacial score (nSPS) is 20.0. The summed E-state index contributed by atoms with van der Waals surface area (Å²) in [5.41, 5.74) is 1.53. The Balaban J connectivity index is 1.35. The monoisotopic (exact) mass is 447 g/mol. The second-order valence-electron chi connectivity index (χ2n) is 8.97. The van der Waals surface area contributed by atoms with Gasteiger partial charge in [0.25, 0.3) is 5.91 Å². The number of carbonyl (C=O) groups is 1. The minimum atomic E-state index is -4.53. The van der Waals surface area contributed by atoms with Crippen molar-refractivity contribution in [3.63, 3.8) is 0 Å². The molecule has 1 aliphatic carbocycles. The minimum Gasteiger partial charge on any atom is -0.360 e. The van der Waals surface area contributed by atoms with Crippen molar-refractivity contribution in [3.05, 3.63) is 46.2 Å². The van der Waals surface area contributed by atoms with Gasteiger partial charge in [-0.05, 0) is 44.6 Å². The molecule has 0 spiro atoms. The number of amides is 1. The molecule has 4 heterocycles. The topological polar surface area (TPSA) is 76.5 Å². The van der Waals surface area contributed by atoms with E-state index in [-0.39, 0.29) is 17.5 Å². The highest BCUT2D eigenvalue weighted by atomic mass is 19.4. The van der Waals surface area contributed by atoms with Gasteiger partial charge in [0.15, 0.2) is 11.3 Å². The van der Waals surface area contributed by atoms with E-state index < -0.39 is 11.9 Å². The molecule has 5 rings (SSSR count). The van der Waals surface area contributed by atoms with Gasteiger partial charge in [-0.3, -0.25) is 4.79 Å². The first-order valence-corrected chi connectivity index (χ1v) is 10.9. The summed E-state index contributed by atoms with van der Waals surface area (Å²) in [6.07, 6.45) is -0.858. The van der Waals surface area contributed by atoms with Crippen LogP contribution in [0.5, 0.6) is 0 Å². The fourth-order valence-corrected chi connectivity index (χ4v) is 4.79. The van der Waals surface area contributed by atoms with Crippen LogP contribution in [0.3, 0.4) is 0 Å². The summed E-state index contributed by atoms with van der Waals surface area (Å²) in [5, 5.41) is 7.98. The third kappa shape index (κ3) is 3.65. The summed E-state index contributed by atoms with van der Waals surface area (Å²) < 4.78 is 47.1. The van der Waals surface area contributed by atoms with Gasteiger partial charge in [-0.1, -0.05) is 12.1 Å². The molecule has 0 N–H and O–H groups in total. The fraction of sp³-hybridized carbons (Fsp3) is 0.545. The molecule has 10 heteroatoms. The number of hydrogen-bond donors (Lipinski definition) is 0. The third-order valence-corrected chi connectivity index (χ3v) is 6.55. The SMILES string of the molecule is Cc1cc2nc(C3CCN(C(=O)c4noc5c4C[C@@H](C)CC5)CC3)cc(C(F)(F)F)n2n1. The summed E-state index contributed by atoms with van der Waals surface area (Å²) in [5.74, 6) is 0.963. The van der Waals surface area contributed by atoms with Crippen molar-refractivity contribution in [2.45, 2.75) is 58.0 Å². The predicted octanol–water partition coefficient (Wildman–Crippen LogP) is 4.19. The number of carbonyl (C=O) groups excluding carboxylic acids is 1. The van der Waals surface area contributed by atoms with Crippen molar-refractivity contribution in [2.75, 3.05) is 13.1 Å². The van der Waals surface area contributed by atoms with Crippen molar-refractivity contribution in [1.82, 2.24) is 24.7 Å². The number of aryl methyl sites for hydroxylation is 2. The van der Waals surface area contributed by atoms with Crippen LogP contribution in [0.1, 0.15) is 71.0 Å². The first-order chi connectivity index (χ1) is 15.2. The Hall–Kier alpha value is -2.91. The molecule has 0 bridgehead atoms. The van der Waals surface area contributed by atoms with Gasteiger partial charge >= 0.3 is 6.18 Å². The van der Waals surface area contributed by atoms with Gasteiger partial charge in [0.2, 0.25) is 0 Å². The van der Waals surface area contributed by atoms with Crippen LogP contribution in [0.4, 0.5) is 13.2 Å². The molecule has 1 amide bonds. The molecular formula is C22H24F3N5O2. The van der Waals surface area contributed by atoms with E-state index in [2.05, 4.69) is 22.2 Å². The Morgan fingerprint density at radius 2 is 1.94 bits per heavy atom. The number of nitrogens with zero attached hydrogens (tertiary/aromatic N) is 5. The van der Waals surface area contributed by atoms with Gasteiger partial charge in [-0.25, -0.2) is 9.50 Å². The Morgan fingerprint density at radius 3 is 2.66 bits per heavy atom. The van der Waals surface area contributed by atoms with E-state index in [1.54, 1.807) is 17.9 Å². The molecule has 7 nitrogen and oxygen atoms in total. The van der Waals surface area contributed by atoms with Crippen molar-refractivity contribution in [2.24, 2.45) is 5.92 Å². The molecule has 1 fully saturated rings. The Labute approximate surface area is 182 Å². The van der Waals surface area contributed by atoms with Gasteiger partial charge in [0.1, 0.15) is 11.5 Å². The van der Waals surface area contributed by atoms with E-state index in [0.29, 0.717) is 48.9 Å². The van der Waals surface area contributed by atoms with Crippen LogP contribution in [-0.2, 0) is 19.0 Å². The van der Waals surface area contributed by atoms with Gasteiger partial charge in [0, 0.05) is 42.8 Å². The summed E-state index contributed by atoms with van der Waals surface area (Å²) in [4.78, 5) is 19.2. The van der Waals surface area contributed by atoms with Crippen molar-refractivity contribution in [3.8, 4) is 0 Å². The highest BCUT2D eigenvalue weighted by Crippen LogP contribution is 2.35. The molecule has 170 valence electrons. The van der Waals surface area contributed by atoms with Gasteiger partial charge < -0.3 is 9.42 Å². The van der Waals surface area contributed by atoms with E-state index in [9.17, 15) is 18.0 Å². The number of piperidine rings is 1. The van der Waals surface area contributed by atoms with Crippen LogP contribution >= 0.6 is 0 Å². The average molecular weight is 447 g/mol. The highest BCUT2D eigenvalue weighted by molar-refractivity contribution is 5.94. The first-order valence-electron chi connectivity index (χ1n) is 10.9. The summed E-state index contributed by atoms with van der Waals surface area (Å²) in [7, 11) is 0. The highest BCUT2D eigenvalue weighted by Gasteiger charge is 2.37. The van der Waals surface area contributed by atoms with Crippen LogP contribution in [0.2, 0.25) is 0 Å². The number of halogens is 3. The molecule has 1 saturated heterocycles. The summed E-state index contributed by atoms with van der Waals surface area (Å²) in [6, 6.07) is 2.64. The molecule has 3 aromatic rings. The maximum atomic E-state index is 13.6. The zero-order chi connectivity index (χ0) is 22.6. The number of likely N-dealkylation sites (tertiary alicyclic amines) is 1. The Kier molecular flexibility index (Phi) is 4.98. The molecule has 1 aliphatic heterocycles. The molecule has 32 heavy (non-hydrogen) atoms. The van der Waals surface area contributed by atoms with Crippen LogP contribution < -0.4 is 0 Å². The Morgan fingerprint density at radius 1 is 1.19 bits per heavy atom. The average Bonchev–Trinajstić information content (AvgIpc) is 3.33. The Bertz CT molecular complexity index is 1170. The number of alkyl halides is 3. The zero-order valence-corrected chi connectivity index (χ0v) is 17.9. The molecule has 0 unspecified atom stereocenters. The fourth-order valence-electron chi connectivity index (χ4n) is 4.79. The lowest BCUT2D eigenvalue weighted by Gasteiger charge is -2.31. The standard InChI is InChI=1S/C22H24F3N5O2/c1-12-3-4-17-15(9-12)20(28-32-17)21(31)29-7-5-14(6-8-29)16-11-18(22(23,24)25)30-19(26-16)10-13(2)27-30/h10-12,14H,3-9H2,1-2H3/t12-/m0/s1. The minimum absolute atomic E-state index is 0.159. The molecule has 2 aliphatic rings. The van der Waals surface area contributed by atoms with Crippen LogP contribution in [0, 0.1) is 12.8 Å². The quantitative estimate of drug-likeness (QED) is 0.589. The lowest BCUT2D eigenvalue weighted by molar-refractivity contribution is -0.142.